The molecule has 0 bridgehead atoms. The van der Waals surface area contributed by atoms with Crippen LogP contribution in [0.1, 0.15) is 9.67 Å². The van der Waals surface area contributed by atoms with E-state index >= 15 is 0 Å². The van der Waals surface area contributed by atoms with Crippen molar-refractivity contribution in [3.05, 3.63) is 58.0 Å². The molecular weight excluding hydrogens is 450 g/mol. The number of piperazine rings is 1. The molecule has 2 aromatic heterocycles. The second-order valence-corrected chi connectivity index (χ2v) is 8.90. The van der Waals surface area contributed by atoms with Gasteiger partial charge in [0, 0.05) is 58.0 Å². The van der Waals surface area contributed by atoms with E-state index in [0.29, 0.717) is 5.95 Å². The van der Waals surface area contributed by atoms with Crippen LogP contribution in [0.4, 0.5) is 11.6 Å². The van der Waals surface area contributed by atoms with Crippen LogP contribution >= 0.6 is 27.3 Å². The number of hydrogen-bond donors (Lipinski definition) is 2. The van der Waals surface area contributed by atoms with E-state index in [2.05, 4.69) is 31.5 Å². The highest BCUT2D eigenvalue weighted by Gasteiger charge is 2.20. The summed E-state index contributed by atoms with van der Waals surface area (Å²) in [5.74, 6) is 0.631. The van der Waals surface area contributed by atoms with Crippen LogP contribution in [0.15, 0.2) is 53.1 Å². The van der Waals surface area contributed by atoms with Gasteiger partial charge in [-0.15, -0.1) is 11.3 Å². The molecule has 1 saturated heterocycles. The molecule has 1 fully saturated rings. The van der Waals surface area contributed by atoms with Gasteiger partial charge in [-0.1, -0.05) is 22.0 Å². The number of carbonyl (C=O) groups is 1. The Kier molecular flexibility index (Phi) is 4.91. The van der Waals surface area contributed by atoms with Crippen LogP contribution in [0, 0.1) is 0 Å². The Morgan fingerprint density at radius 1 is 1.17 bits per heavy atom. The molecule has 0 atom stereocenters. The van der Waals surface area contributed by atoms with E-state index < -0.39 is 0 Å². The number of anilines is 2. The molecule has 1 aliphatic rings. The minimum atomic E-state index is 0.0994. The van der Waals surface area contributed by atoms with Gasteiger partial charge >= 0.3 is 0 Å². The molecule has 2 aromatic carbocycles. The first-order valence-corrected chi connectivity index (χ1v) is 11.0. The van der Waals surface area contributed by atoms with E-state index in [0.717, 1.165) is 62.2 Å². The number of hydrogen-bond acceptors (Lipinski definition) is 6. The van der Waals surface area contributed by atoms with Crippen LogP contribution in [0.25, 0.3) is 21.0 Å². The first-order valence-electron chi connectivity index (χ1n) is 9.39. The van der Waals surface area contributed by atoms with Crippen LogP contribution in [0.5, 0.6) is 0 Å². The predicted molar refractivity (Wildman–Crippen MR) is 121 cm³/mol. The first kappa shape index (κ1) is 18.5. The number of rotatable bonds is 3. The molecule has 146 valence electrons. The van der Waals surface area contributed by atoms with E-state index in [-0.39, 0.29) is 5.91 Å². The highest BCUT2D eigenvalue weighted by Crippen LogP contribution is 2.32. The summed E-state index contributed by atoms with van der Waals surface area (Å²) in [6.45, 7) is 3.18. The molecule has 1 aliphatic heterocycles. The van der Waals surface area contributed by atoms with Crippen LogP contribution in [0.2, 0.25) is 0 Å². The number of nitrogens with zero attached hydrogens (tertiary/aromatic N) is 3. The van der Waals surface area contributed by atoms with Crippen molar-refractivity contribution in [1.29, 1.82) is 0 Å². The van der Waals surface area contributed by atoms with Gasteiger partial charge in [-0.2, -0.15) is 0 Å². The van der Waals surface area contributed by atoms with Gasteiger partial charge in [-0.25, -0.2) is 9.97 Å². The molecule has 0 unspecified atom stereocenters. The van der Waals surface area contributed by atoms with E-state index in [1.54, 1.807) is 0 Å². The third kappa shape index (κ3) is 3.71. The fraction of sp³-hybridized carbons (Fsp3) is 0.190. The average molecular weight is 468 g/mol. The van der Waals surface area contributed by atoms with Crippen molar-refractivity contribution in [3.8, 4) is 0 Å². The van der Waals surface area contributed by atoms with Gasteiger partial charge in [0.05, 0.1) is 10.4 Å². The maximum Gasteiger partial charge on any atom is 0.264 e. The summed E-state index contributed by atoms with van der Waals surface area (Å²) in [6, 6.07) is 13.9. The third-order valence-corrected chi connectivity index (χ3v) is 6.52. The number of amides is 1. The standard InChI is InChI=1S/C21H18BrN5OS/c22-14-2-1-3-15(10-14)25-21-24-12-13-4-5-17-16(19(13)26-21)11-18(29-17)20(28)27-8-6-23-7-9-27/h1-5,10-12,23H,6-9H2,(H,24,25,26). The monoisotopic (exact) mass is 467 g/mol. The molecule has 29 heavy (non-hydrogen) atoms. The van der Waals surface area contributed by atoms with Crippen molar-refractivity contribution in [3.63, 3.8) is 0 Å². The van der Waals surface area contributed by atoms with Crippen molar-refractivity contribution in [1.82, 2.24) is 20.2 Å². The average Bonchev–Trinajstić information content (AvgIpc) is 3.19. The molecule has 1 amide bonds. The zero-order chi connectivity index (χ0) is 19.8. The Bertz CT molecular complexity index is 1220. The van der Waals surface area contributed by atoms with Crippen LogP contribution in [-0.4, -0.2) is 47.0 Å². The summed E-state index contributed by atoms with van der Waals surface area (Å²) in [4.78, 5) is 24.8. The summed E-state index contributed by atoms with van der Waals surface area (Å²) in [7, 11) is 0. The molecule has 3 heterocycles. The minimum absolute atomic E-state index is 0.0994. The predicted octanol–water partition coefficient (Wildman–Crippen LogP) is 4.40. The number of halogens is 1. The molecule has 0 radical (unpaired) electrons. The number of carbonyl (C=O) groups excluding carboxylic acids is 1. The molecular formula is C21H18BrN5OS. The summed E-state index contributed by atoms with van der Waals surface area (Å²) in [6.07, 6.45) is 1.82. The van der Waals surface area contributed by atoms with Gasteiger partial charge in [0.2, 0.25) is 5.95 Å². The number of aromatic nitrogens is 2. The summed E-state index contributed by atoms with van der Waals surface area (Å²) < 4.78 is 2.04. The lowest BCUT2D eigenvalue weighted by molar-refractivity contribution is 0.0741. The number of fused-ring (bicyclic) bond motifs is 3. The number of thiophene rings is 1. The zero-order valence-corrected chi connectivity index (χ0v) is 17.9. The van der Waals surface area contributed by atoms with E-state index in [9.17, 15) is 4.79 Å². The molecule has 0 saturated carbocycles. The Labute approximate surface area is 180 Å². The van der Waals surface area contributed by atoms with Crippen molar-refractivity contribution in [2.75, 3.05) is 31.5 Å². The van der Waals surface area contributed by atoms with Crippen molar-refractivity contribution in [2.24, 2.45) is 0 Å². The van der Waals surface area contributed by atoms with E-state index in [1.165, 1.54) is 11.3 Å². The maximum atomic E-state index is 12.9. The lowest BCUT2D eigenvalue weighted by atomic mass is 10.1. The van der Waals surface area contributed by atoms with Gasteiger partial charge in [-0.3, -0.25) is 4.79 Å². The summed E-state index contributed by atoms with van der Waals surface area (Å²) >= 11 is 5.00. The summed E-state index contributed by atoms with van der Waals surface area (Å²) in [5, 5.41) is 8.48. The molecule has 0 spiro atoms. The molecule has 4 aromatic rings. The van der Waals surface area contributed by atoms with Gasteiger partial charge in [0.25, 0.3) is 5.91 Å². The molecule has 0 aliphatic carbocycles. The van der Waals surface area contributed by atoms with E-state index in [1.807, 2.05) is 53.6 Å². The second kappa shape index (κ2) is 7.70. The van der Waals surface area contributed by atoms with Crippen LogP contribution < -0.4 is 10.6 Å². The van der Waals surface area contributed by atoms with Gasteiger partial charge < -0.3 is 15.5 Å². The first-order chi connectivity index (χ1) is 14.2. The molecule has 2 N–H and O–H groups in total. The van der Waals surface area contributed by atoms with Crippen molar-refractivity contribution < 1.29 is 4.79 Å². The van der Waals surface area contributed by atoms with Crippen molar-refractivity contribution >= 4 is 65.8 Å². The largest absolute Gasteiger partial charge is 0.335 e. The fourth-order valence-corrected chi connectivity index (χ4v) is 4.92. The highest BCUT2D eigenvalue weighted by atomic mass is 79.9. The normalized spacial score (nSPS) is 14.4. The quantitative estimate of drug-likeness (QED) is 0.467. The van der Waals surface area contributed by atoms with E-state index in [4.69, 9.17) is 4.98 Å². The highest BCUT2D eigenvalue weighted by molar-refractivity contribution is 9.10. The molecule has 8 heteroatoms. The maximum absolute atomic E-state index is 12.9. The molecule has 5 rings (SSSR count). The Morgan fingerprint density at radius 2 is 2.03 bits per heavy atom. The lowest BCUT2D eigenvalue weighted by Gasteiger charge is -2.26. The Balaban J connectivity index is 1.52. The third-order valence-electron chi connectivity index (χ3n) is 4.94. The molecule has 6 nitrogen and oxygen atoms in total. The van der Waals surface area contributed by atoms with Crippen LogP contribution in [0.3, 0.4) is 0 Å². The Morgan fingerprint density at radius 3 is 2.86 bits per heavy atom. The van der Waals surface area contributed by atoms with Gasteiger partial charge in [-0.05, 0) is 36.4 Å². The fourth-order valence-electron chi connectivity index (χ4n) is 3.49. The van der Waals surface area contributed by atoms with Gasteiger partial charge in [0.1, 0.15) is 0 Å². The lowest BCUT2D eigenvalue weighted by Crippen LogP contribution is -2.46. The van der Waals surface area contributed by atoms with Gasteiger partial charge in [0.15, 0.2) is 0 Å². The number of benzene rings is 2. The smallest absolute Gasteiger partial charge is 0.264 e. The van der Waals surface area contributed by atoms with Crippen molar-refractivity contribution in [2.45, 2.75) is 0 Å². The topological polar surface area (TPSA) is 70.2 Å². The van der Waals surface area contributed by atoms with Crippen LogP contribution in [-0.2, 0) is 0 Å². The summed E-state index contributed by atoms with van der Waals surface area (Å²) in [5.41, 5.74) is 1.76. The minimum Gasteiger partial charge on any atom is -0.335 e. The zero-order valence-electron chi connectivity index (χ0n) is 15.5. The SMILES string of the molecule is O=C(c1cc2c(ccc3cnc(Nc4cccc(Br)c4)nc32)s1)N1CCNCC1. The second-order valence-electron chi connectivity index (χ2n) is 6.90. The number of nitrogens with one attached hydrogen (secondary N) is 2. The Hall–Kier alpha value is -2.55.